The van der Waals surface area contributed by atoms with Gasteiger partial charge in [0, 0.05) is 31.3 Å². The third kappa shape index (κ3) is 3.15. The Hall–Kier alpha value is -4.27. The maximum Gasteiger partial charge on any atom is 0.332 e. The summed E-state index contributed by atoms with van der Waals surface area (Å²) in [6.07, 6.45) is 0. The number of carbonyl (C=O) groups excluding carboxylic acids is 1. The second kappa shape index (κ2) is 7.77. The Morgan fingerprint density at radius 2 is 1.62 bits per heavy atom. The van der Waals surface area contributed by atoms with Crippen LogP contribution in [0.25, 0.3) is 5.70 Å². The monoisotopic (exact) mass is 432 g/mol. The minimum Gasteiger partial charge on any atom is -0.340 e. The molecule has 0 saturated heterocycles. The van der Waals surface area contributed by atoms with Crippen LogP contribution in [0.1, 0.15) is 29.5 Å². The van der Waals surface area contributed by atoms with Gasteiger partial charge >= 0.3 is 5.69 Å². The van der Waals surface area contributed by atoms with Crippen molar-refractivity contribution in [2.75, 3.05) is 5.32 Å². The summed E-state index contributed by atoms with van der Waals surface area (Å²) >= 11 is 0. The standard InChI is InChI=1S/C23H20N4O5/c1-13(28)17-18(15-11-7-8-12-16(15)27(31)32)19-21(25(2)23(30)26(3)22(19)29)24-20(17)14-9-5-4-6-10-14/h4-12,18,24H,1-3H3. The van der Waals surface area contributed by atoms with E-state index in [0.717, 1.165) is 4.57 Å². The van der Waals surface area contributed by atoms with Crippen LogP contribution in [0.15, 0.2) is 69.8 Å². The average molecular weight is 432 g/mol. The number of rotatable bonds is 4. The molecule has 4 rings (SSSR count). The van der Waals surface area contributed by atoms with Crippen molar-refractivity contribution in [1.29, 1.82) is 0 Å². The Balaban J connectivity index is 2.20. The van der Waals surface area contributed by atoms with Gasteiger partial charge in [0.05, 0.1) is 22.1 Å². The molecule has 9 nitrogen and oxygen atoms in total. The fourth-order valence-corrected chi connectivity index (χ4v) is 4.18. The molecule has 1 aliphatic heterocycles. The van der Waals surface area contributed by atoms with Crippen LogP contribution in [0.5, 0.6) is 0 Å². The molecule has 1 aliphatic rings. The highest BCUT2D eigenvalue weighted by atomic mass is 16.6. The molecule has 2 heterocycles. The molecule has 2 aromatic carbocycles. The fourth-order valence-electron chi connectivity index (χ4n) is 4.18. The first-order valence-electron chi connectivity index (χ1n) is 9.84. The van der Waals surface area contributed by atoms with Crippen LogP contribution in [0.2, 0.25) is 0 Å². The molecule has 0 amide bonds. The van der Waals surface area contributed by atoms with Gasteiger partial charge < -0.3 is 5.32 Å². The summed E-state index contributed by atoms with van der Waals surface area (Å²) < 4.78 is 2.21. The minimum absolute atomic E-state index is 0.105. The van der Waals surface area contributed by atoms with Gasteiger partial charge in [-0.15, -0.1) is 0 Å². The molecule has 0 aliphatic carbocycles. The van der Waals surface area contributed by atoms with Gasteiger partial charge in [-0.1, -0.05) is 48.5 Å². The van der Waals surface area contributed by atoms with Gasteiger partial charge in [-0.05, 0) is 12.5 Å². The third-order valence-corrected chi connectivity index (χ3v) is 5.68. The molecule has 9 heteroatoms. The van der Waals surface area contributed by atoms with Crippen molar-refractivity contribution in [3.63, 3.8) is 0 Å². The summed E-state index contributed by atoms with van der Waals surface area (Å²) in [7, 11) is 2.84. The van der Waals surface area contributed by atoms with Crippen molar-refractivity contribution in [1.82, 2.24) is 9.13 Å². The number of anilines is 1. The molecule has 1 atom stereocenters. The van der Waals surface area contributed by atoms with Crippen molar-refractivity contribution < 1.29 is 9.72 Å². The molecule has 162 valence electrons. The Morgan fingerprint density at radius 3 is 2.25 bits per heavy atom. The van der Waals surface area contributed by atoms with Crippen LogP contribution in [0, 0.1) is 10.1 Å². The zero-order chi connectivity index (χ0) is 23.2. The Labute approximate surface area is 182 Å². The maximum atomic E-state index is 13.3. The number of nitro benzene ring substituents is 1. The summed E-state index contributed by atoms with van der Waals surface area (Å²) in [5.41, 5.74) is 0.188. The molecule has 0 spiro atoms. The second-order valence-corrected chi connectivity index (χ2v) is 7.55. The van der Waals surface area contributed by atoms with Crippen molar-refractivity contribution in [2.45, 2.75) is 12.8 Å². The number of para-hydroxylation sites is 1. The van der Waals surface area contributed by atoms with E-state index in [1.54, 1.807) is 30.3 Å². The van der Waals surface area contributed by atoms with Crippen LogP contribution in [-0.4, -0.2) is 19.8 Å². The molecule has 0 saturated carbocycles. The van der Waals surface area contributed by atoms with Crippen LogP contribution in [0.3, 0.4) is 0 Å². The SMILES string of the molecule is CC(=O)C1=C(c2ccccc2)Nc2c(c(=O)n(C)c(=O)n2C)C1c1ccccc1[N+](=O)[O-]. The fraction of sp³-hybridized carbons (Fsp3) is 0.174. The maximum absolute atomic E-state index is 13.3. The topological polar surface area (TPSA) is 116 Å². The first-order valence-corrected chi connectivity index (χ1v) is 9.84. The number of ketones is 1. The normalized spacial score (nSPS) is 15.2. The Kier molecular flexibility index (Phi) is 5.09. The summed E-state index contributed by atoms with van der Waals surface area (Å²) in [5.74, 6) is -1.18. The van der Waals surface area contributed by atoms with Crippen LogP contribution < -0.4 is 16.6 Å². The zero-order valence-electron chi connectivity index (χ0n) is 17.7. The highest BCUT2D eigenvalue weighted by Gasteiger charge is 2.39. The molecule has 1 aromatic heterocycles. The van der Waals surface area contributed by atoms with E-state index in [1.807, 2.05) is 6.07 Å². The largest absolute Gasteiger partial charge is 0.340 e. The predicted octanol–water partition coefficient (Wildman–Crippen LogP) is 2.55. The lowest BCUT2D eigenvalue weighted by Gasteiger charge is -2.32. The van der Waals surface area contributed by atoms with Gasteiger partial charge in [0.25, 0.3) is 11.2 Å². The predicted molar refractivity (Wildman–Crippen MR) is 120 cm³/mol. The molecular weight excluding hydrogens is 412 g/mol. The number of aromatic nitrogens is 2. The van der Waals surface area contributed by atoms with E-state index >= 15 is 0 Å². The van der Waals surface area contributed by atoms with E-state index < -0.39 is 22.1 Å². The lowest BCUT2D eigenvalue weighted by Crippen LogP contribution is -2.43. The zero-order valence-corrected chi connectivity index (χ0v) is 17.7. The average Bonchev–Trinajstić information content (AvgIpc) is 2.80. The highest BCUT2D eigenvalue weighted by Crippen LogP contribution is 2.45. The van der Waals surface area contributed by atoms with Crippen LogP contribution in [-0.2, 0) is 18.9 Å². The first kappa shape index (κ1) is 21.0. The number of benzene rings is 2. The van der Waals surface area contributed by atoms with E-state index in [-0.39, 0.29) is 34.0 Å². The smallest absolute Gasteiger partial charge is 0.332 e. The number of nitrogens with zero attached hydrogens (tertiary/aromatic N) is 3. The quantitative estimate of drug-likeness (QED) is 0.500. The van der Waals surface area contributed by atoms with Crippen molar-refractivity contribution in [2.24, 2.45) is 14.1 Å². The summed E-state index contributed by atoms with van der Waals surface area (Å²) in [6.45, 7) is 1.36. The van der Waals surface area contributed by atoms with Gasteiger partial charge in [0.1, 0.15) is 5.82 Å². The highest BCUT2D eigenvalue weighted by molar-refractivity contribution is 6.07. The number of carbonyl (C=O) groups is 1. The minimum atomic E-state index is -1.04. The lowest BCUT2D eigenvalue weighted by molar-refractivity contribution is -0.385. The van der Waals surface area contributed by atoms with Gasteiger partial charge in [0.2, 0.25) is 0 Å². The molecule has 0 fully saturated rings. The number of fused-ring (bicyclic) bond motifs is 1. The van der Waals surface area contributed by atoms with Gasteiger partial charge in [-0.2, -0.15) is 0 Å². The van der Waals surface area contributed by atoms with Crippen LogP contribution >= 0.6 is 0 Å². The molecule has 0 radical (unpaired) electrons. The first-order chi connectivity index (χ1) is 15.2. The Bertz CT molecular complexity index is 1420. The van der Waals surface area contributed by atoms with E-state index in [9.17, 15) is 24.5 Å². The molecule has 3 aromatic rings. The third-order valence-electron chi connectivity index (χ3n) is 5.68. The van der Waals surface area contributed by atoms with E-state index in [4.69, 9.17) is 0 Å². The molecular formula is C23H20N4O5. The molecule has 0 bridgehead atoms. The Morgan fingerprint density at radius 1 is 1.00 bits per heavy atom. The molecule has 1 N–H and O–H groups in total. The van der Waals surface area contributed by atoms with Crippen molar-refractivity contribution >= 4 is 23.0 Å². The van der Waals surface area contributed by atoms with Crippen LogP contribution in [0.4, 0.5) is 11.5 Å². The molecule has 32 heavy (non-hydrogen) atoms. The van der Waals surface area contributed by atoms with Crippen molar-refractivity contribution in [3.05, 3.63) is 108 Å². The van der Waals surface area contributed by atoms with Gasteiger partial charge in [-0.25, -0.2) is 4.79 Å². The molecule has 1 unspecified atom stereocenters. The van der Waals surface area contributed by atoms with E-state index in [1.165, 1.54) is 43.8 Å². The van der Waals surface area contributed by atoms with E-state index in [2.05, 4.69) is 5.32 Å². The summed E-state index contributed by atoms with van der Waals surface area (Å²) in [6, 6.07) is 15.0. The van der Waals surface area contributed by atoms with Crippen molar-refractivity contribution in [3.8, 4) is 0 Å². The number of nitrogens with one attached hydrogen (secondary N) is 1. The number of hydrogen-bond donors (Lipinski definition) is 1. The van der Waals surface area contributed by atoms with Gasteiger partial charge in [0.15, 0.2) is 5.78 Å². The van der Waals surface area contributed by atoms with Gasteiger partial charge in [-0.3, -0.25) is 28.8 Å². The number of nitro groups is 1. The second-order valence-electron chi connectivity index (χ2n) is 7.55. The summed E-state index contributed by atoms with van der Waals surface area (Å²) in [4.78, 5) is 50.2. The van der Waals surface area contributed by atoms with E-state index in [0.29, 0.717) is 11.3 Å². The number of hydrogen-bond acceptors (Lipinski definition) is 6. The lowest BCUT2D eigenvalue weighted by atomic mass is 9.78. The number of allylic oxidation sites excluding steroid dienone is 1. The number of Topliss-reactive ketones (excluding diaryl/α,β-unsaturated/α-hetero) is 1. The summed E-state index contributed by atoms with van der Waals surface area (Å²) in [5, 5.41) is 14.9.